The Morgan fingerprint density at radius 1 is 1.42 bits per heavy atom. The molecule has 26 heavy (non-hydrogen) atoms. The molecule has 1 atom stereocenters. The lowest BCUT2D eigenvalue weighted by atomic mass is 10.2. The van der Waals surface area contributed by atoms with Crippen LogP contribution in [0.15, 0.2) is 40.9 Å². The summed E-state index contributed by atoms with van der Waals surface area (Å²) in [7, 11) is 0. The monoisotopic (exact) mass is 369 g/mol. The minimum absolute atomic E-state index is 0.115. The minimum Gasteiger partial charge on any atom is -0.485 e. The largest absolute Gasteiger partial charge is 0.485 e. The number of rotatable bonds is 5. The van der Waals surface area contributed by atoms with E-state index in [1.807, 2.05) is 31.2 Å². The Bertz CT molecular complexity index is 975. The predicted molar refractivity (Wildman–Crippen MR) is 99.4 cm³/mol. The van der Waals surface area contributed by atoms with Crippen molar-refractivity contribution in [2.45, 2.75) is 32.9 Å². The van der Waals surface area contributed by atoms with E-state index in [1.165, 1.54) is 0 Å². The molecule has 0 N–H and O–H groups in total. The van der Waals surface area contributed by atoms with Gasteiger partial charge in [-0.05, 0) is 25.5 Å². The number of ether oxygens (including phenoxy) is 1. The fourth-order valence-electron chi connectivity index (χ4n) is 3.06. The van der Waals surface area contributed by atoms with Crippen LogP contribution >= 0.6 is 11.3 Å². The zero-order chi connectivity index (χ0) is 18.1. The fourth-order valence-corrected chi connectivity index (χ4v) is 3.86. The van der Waals surface area contributed by atoms with Crippen LogP contribution in [0.3, 0.4) is 0 Å². The van der Waals surface area contributed by atoms with Crippen LogP contribution in [0.5, 0.6) is 5.75 Å². The normalized spacial score (nSPS) is 16.5. The molecule has 1 amide bonds. The van der Waals surface area contributed by atoms with Crippen LogP contribution in [0, 0.1) is 6.92 Å². The second-order valence-corrected chi connectivity index (χ2v) is 7.43. The van der Waals surface area contributed by atoms with Gasteiger partial charge in [0.1, 0.15) is 12.4 Å². The van der Waals surface area contributed by atoms with Gasteiger partial charge < -0.3 is 14.2 Å². The van der Waals surface area contributed by atoms with E-state index in [2.05, 4.69) is 23.1 Å². The third-order valence-corrected chi connectivity index (χ3v) is 5.32. The number of benzene rings is 1. The van der Waals surface area contributed by atoms with Crippen LogP contribution in [0.25, 0.3) is 10.2 Å². The van der Waals surface area contributed by atoms with Gasteiger partial charge in [0, 0.05) is 18.7 Å². The quantitative estimate of drug-likeness (QED) is 0.637. The molecule has 0 fully saturated rings. The summed E-state index contributed by atoms with van der Waals surface area (Å²) in [6, 6.07) is 7.59. The summed E-state index contributed by atoms with van der Waals surface area (Å²) >= 11 is 1.65. The summed E-state index contributed by atoms with van der Waals surface area (Å²) in [5.41, 5.74) is 1.24. The second kappa shape index (κ2) is 6.92. The molecule has 3 aromatic rings. The predicted octanol–water partition coefficient (Wildman–Crippen LogP) is 3.96. The minimum atomic E-state index is -0.115. The lowest BCUT2D eigenvalue weighted by Crippen LogP contribution is -2.35. The van der Waals surface area contributed by atoms with Crippen molar-refractivity contribution in [1.82, 2.24) is 15.0 Å². The van der Waals surface area contributed by atoms with Crippen LogP contribution in [-0.2, 0) is 6.61 Å². The Balaban J connectivity index is 1.42. The zero-order valence-electron chi connectivity index (χ0n) is 14.6. The van der Waals surface area contributed by atoms with E-state index in [9.17, 15) is 4.79 Å². The summed E-state index contributed by atoms with van der Waals surface area (Å²) in [6.07, 6.45) is 4.94. The van der Waals surface area contributed by atoms with E-state index >= 15 is 0 Å². The Morgan fingerprint density at radius 2 is 2.31 bits per heavy atom. The molecule has 0 radical (unpaired) electrons. The molecule has 6 nitrogen and oxygen atoms in total. The molecule has 2 aromatic heterocycles. The number of thiazole rings is 1. The number of carbonyl (C=O) groups excluding carboxylic acids is 1. The van der Waals surface area contributed by atoms with Gasteiger partial charge in [0.15, 0.2) is 11.5 Å². The zero-order valence-corrected chi connectivity index (χ0v) is 15.5. The van der Waals surface area contributed by atoms with Gasteiger partial charge in [-0.15, -0.1) is 11.3 Å². The number of amides is 1. The molecule has 3 heterocycles. The summed E-state index contributed by atoms with van der Waals surface area (Å²) < 4.78 is 12.2. The summed E-state index contributed by atoms with van der Waals surface area (Å²) in [5, 5.41) is 4.94. The van der Waals surface area contributed by atoms with Crippen molar-refractivity contribution in [3.05, 3.63) is 52.9 Å². The van der Waals surface area contributed by atoms with Crippen molar-refractivity contribution >= 4 is 27.5 Å². The van der Waals surface area contributed by atoms with Gasteiger partial charge in [-0.25, -0.2) is 4.98 Å². The molecule has 7 heteroatoms. The molecule has 1 aromatic carbocycles. The number of hydrogen-bond acceptors (Lipinski definition) is 6. The first-order chi connectivity index (χ1) is 12.6. The van der Waals surface area contributed by atoms with Crippen LogP contribution in [0.1, 0.15) is 34.6 Å². The molecular weight excluding hydrogens is 350 g/mol. The van der Waals surface area contributed by atoms with Crippen molar-refractivity contribution in [3.63, 3.8) is 0 Å². The van der Waals surface area contributed by atoms with Gasteiger partial charge >= 0.3 is 0 Å². The molecule has 0 saturated carbocycles. The van der Waals surface area contributed by atoms with Gasteiger partial charge in [0.25, 0.3) is 5.91 Å². The van der Waals surface area contributed by atoms with E-state index in [-0.39, 0.29) is 18.6 Å². The third-order valence-electron chi connectivity index (χ3n) is 4.36. The van der Waals surface area contributed by atoms with E-state index in [1.54, 1.807) is 22.3 Å². The first-order valence-corrected chi connectivity index (χ1v) is 9.39. The molecule has 0 aliphatic carbocycles. The van der Waals surface area contributed by atoms with Crippen molar-refractivity contribution in [2.24, 2.45) is 0 Å². The van der Waals surface area contributed by atoms with Gasteiger partial charge in [-0.3, -0.25) is 4.79 Å². The average Bonchev–Trinajstić information content (AvgIpc) is 3.36. The van der Waals surface area contributed by atoms with Crippen molar-refractivity contribution in [1.29, 1.82) is 0 Å². The highest BCUT2D eigenvalue weighted by molar-refractivity contribution is 7.18. The van der Waals surface area contributed by atoms with Gasteiger partial charge in [-0.2, -0.15) is 0 Å². The maximum absolute atomic E-state index is 12.6. The van der Waals surface area contributed by atoms with E-state index in [4.69, 9.17) is 9.26 Å². The maximum Gasteiger partial charge on any atom is 0.276 e. The van der Waals surface area contributed by atoms with Crippen LogP contribution in [-0.4, -0.2) is 33.5 Å². The molecule has 4 rings (SSSR count). The Hall–Kier alpha value is -2.67. The van der Waals surface area contributed by atoms with E-state index < -0.39 is 0 Å². The topological polar surface area (TPSA) is 68.5 Å². The van der Waals surface area contributed by atoms with Gasteiger partial charge in [0.2, 0.25) is 0 Å². The average molecular weight is 369 g/mol. The van der Waals surface area contributed by atoms with Crippen LogP contribution < -0.4 is 4.74 Å². The van der Waals surface area contributed by atoms with Crippen molar-refractivity contribution < 1.29 is 14.1 Å². The highest BCUT2D eigenvalue weighted by atomic mass is 32.1. The van der Waals surface area contributed by atoms with Gasteiger partial charge in [-0.1, -0.05) is 24.2 Å². The van der Waals surface area contributed by atoms with Crippen molar-refractivity contribution in [2.75, 3.05) is 6.54 Å². The number of nitrogens with zero attached hydrogens (tertiary/aromatic N) is 3. The lowest BCUT2D eigenvalue weighted by molar-refractivity contribution is 0.0737. The smallest absolute Gasteiger partial charge is 0.276 e. The lowest BCUT2D eigenvalue weighted by Gasteiger charge is -2.22. The highest BCUT2D eigenvalue weighted by Gasteiger charge is 2.26. The highest BCUT2D eigenvalue weighted by Crippen LogP contribution is 2.26. The molecule has 0 saturated heterocycles. The standard InChI is InChI=1S/C19H19N3O3S/c1-3-13-5-4-8-22(13)19(23)17-10-15(25-21-17)11-24-14-6-7-18-16(9-14)20-12(2)26-18/h4-7,9-10,13H,3,8,11H2,1-2H3/t13-/m0/s1. The Kier molecular flexibility index (Phi) is 4.46. The Labute approximate surface area is 155 Å². The van der Waals surface area contributed by atoms with E-state index in [0.717, 1.165) is 21.6 Å². The first kappa shape index (κ1) is 16.8. The van der Waals surface area contributed by atoms with Crippen molar-refractivity contribution in [3.8, 4) is 5.75 Å². The molecular formula is C19H19N3O3S. The third kappa shape index (κ3) is 3.22. The summed E-state index contributed by atoms with van der Waals surface area (Å²) in [5.74, 6) is 1.11. The number of hydrogen-bond donors (Lipinski definition) is 0. The SMILES string of the molecule is CC[C@H]1C=CCN1C(=O)c1cc(COc2ccc3sc(C)nc3c2)on1. The number of aromatic nitrogens is 2. The first-order valence-electron chi connectivity index (χ1n) is 8.57. The Morgan fingerprint density at radius 3 is 3.15 bits per heavy atom. The van der Waals surface area contributed by atoms with Gasteiger partial charge in [0.05, 0.1) is 21.3 Å². The summed E-state index contributed by atoms with van der Waals surface area (Å²) in [6.45, 7) is 4.87. The van der Waals surface area contributed by atoms with Crippen LogP contribution in [0.2, 0.25) is 0 Å². The molecule has 1 aliphatic heterocycles. The molecule has 0 bridgehead atoms. The molecule has 134 valence electrons. The van der Waals surface area contributed by atoms with E-state index in [0.29, 0.717) is 23.7 Å². The number of aryl methyl sites for hydroxylation is 1. The molecule has 1 aliphatic rings. The number of fused-ring (bicyclic) bond motifs is 1. The molecule has 0 spiro atoms. The summed E-state index contributed by atoms with van der Waals surface area (Å²) in [4.78, 5) is 18.8. The number of carbonyl (C=O) groups is 1. The fraction of sp³-hybridized carbons (Fsp3) is 0.316. The second-order valence-electron chi connectivity index (χ2n) is 6.19. The maximum atomic E-state index is 12.6. The molecule has 0 unspecified atom stereocenters. The van der Waals surface area contributed by atoms with Crippen LogP contribution in [0.4, 0.5) is 0 Å².